The van der Waals surface area contributed by atoms with Gasteiger partial charge in [0.2, 0.25) is 70.9 Å². The topological polar surface area (TPSA) is 279 Å². The first kappa shape index (κ1) is 86.6. The molecule has 106 heavy (non-hydrogen) atoms. The molecule has 0 radical (unpaired) electrons. The molecule has 0 aromatic carbocycles. The standard InChI is InChI=1S/C73H113ClF8N12O12/c1-13-32-92-54(36-45-21-25-47(26-22-45)72(77,78)79)66(103)88(9)39-56(95)83-50(28-24-44-23-27-48(49(74)35-44)73(80,81)82)65(102)94-40-71(75,76)38-55(94)61(98)86-70(30-17-18-31-70)69(106)91(12)59(46-19-15-16-20-46)62(99)84-51(64(101)87(7)8)37-57(96)90(11)53(34-41(3)4)60(97)85-58(42(5)14-2)68(105)89(10)43(6)63(100)93-33-29-52(93)67(92)104/h41-55,58-59H,13-40H2,1-12H3,(H,83,95)(H,84,99)(H,85,97)(H,86,98)/t42-,43-,44?,45?,47?,48?,49?,50-,51-,52-,53-,54-,55-,58-,59-/m0/s1. The van der Waals surface area contributed by atoms with Crippen molar-refractivity contribution in [3.05, 3.63) is 0 Å². The number of nitrogens with zero attached hydrogens (tertiary/aromatic N) is 8. The Balaban J connectivity index is 1.31. The average molecular weight is 1540 g/mol. The van der Waals surface area contributed by atoms with Gasteiger partial charge in [0.15, 0.2) is 0 Å². The molecular weight excluding hydrogens is 1420 g/mol. The third-order valence-corrected chi connectivity index (χ3v) is 24.2. The normalized spacial score (nSPS) is 31.7. The van der Waals surface area contributed by atoms with Gasteiger partial charge in [0, 0.05) is 67.2 Å². The highest BCUT2D eigenvalue weighted by Crippen LogP contribution is 2.45. The van der Waals surface area contributed by atoms with Gasteiger partial charge in [-0.25, -0.2) is 8.78 Å². The van der Waals surface area contributed by atoms with Crippen molar-refractivity contribution in [2.45, 2.75) is 279 Å². The maximum atomic E-state index is 16.2. The van der Waals surface area contributed by atoms with Crippen LogP contribution >= 0.6 is 11.6 Å². The number of carbonyl (C=O) groups is 12. The van der Waals surface area contributed by atoms with Crippen LogP contribution in [0.5, 0.6) is 0 Å². The Kier molecular flexibility index (Phi) is 29.6. The van der Waals surface area contributed by atoms with Gasteiger partial charge in [-0.3, -0.25) is 57.5 Å². The maximum Gasteiger partial charge on any atom is 0.393 e. The van der Waals surface area contributed by atoms with Gasteiger partial charge in [-0.2, -0.15) is 26.3 Å². The number of hydrogen-bond acceptors (Lipinski definition) is 12. The molecule has 3 unspecified atom stereocenters. The Bertz CT molecular complexity index is 3170. The maximum absolute atomic E-state index is 16.2. The number of alkyl halides is 9. The van der Waals surface area contributed by atoms with Gasteiger partial charge in [-0.1, -0.05) is 66.7 Å². The lowest BCUT2D eigenvalue weighted by Gasteiger charge is -2.46. The molecule has 3 aliphatic heterocycles. The molecule has 0 bridgehead atoms. The van der Waals surface area contributed by atoms with Crippen LogP contribution in [0, 0.1) is 41.4 Å². The minimum absolute atomic E-state index is 0.00219. The summed E-state index contributed by atoms with van der Waals surface area (Å²) < 4.78 is 117. The Hall–Kier alpha value is -6.63. The molecule has 7 fully saturated rings. The Labute approximate surface area is 622 Å². The van der Waals surface area contributed by atoms with Crippen molar-refractivity contribution in [1.82, 2.24) is 60.5 Å². The SMILES string of the molecule is CCCN1C(=O)[C@@H]2CCN2C(=O)[C@H](C)N(C)C(=O)[C@H]([C@@H](C)CC)NC(=O)[C@H](CC(C)C)N(C)C(=O)C[C@@H](C(=O)N(C)C)NC(=O)[C@H](C2CCCC2)N(C)C(=O)C2(CCCC2)NC(=O)[C@@H]2CC(F)(F)CN2C(=O)[C@H](CCC2CCC(C(F)(F)F)C(Cl)C2)NC(=O)CN(C)C(=O)[C@@H]1CC1CCC(C(F)(F)F)CC1. The summed E-state index contributed by atoms with van der Waals surface area (Å²) in [6.07, 6.45) is -9.62. The summed E-state index contributed by atoms with van der Waals surface area (Å²) in [6, 6.07) is -13.4. The van der Waals surface area contributed by atoms with Crippen molar-refractivity contribution in [1.29, 1.82) is 0 Å². The van der Waals surface area contributed by atoms with Crippen molar-refractivity contribution < 1.29 is 92.7 Å². The number of carbonyl (C=O) groups excluding carboxylic acids is 12. The van der Waals surface area contributed by atoms with E-state index in [1.807, 2.05) is 0 Å². The number of rotatable bonds is 13. The average Bonchev–Trinajstić information content (AvgIpc) is 1.33. The zero-order chi connectivity index (χ0) is 79.0. The molecule has 7 aliphatic rings. The second kappa shape index (κ2) is 36.3. The van der Waals surface area contributed by atoms with Gasteiger partial charge >= 0.3 is 12.4 Å². The number of hydrogen-bond donors (Lipinski definition) is 4. The lowest BCUT2D eigenvalue weighted by molar-refractivity contribution is -0.184. The molecule has 4 saturated carbocycles. The first-order chi connectivity index (χ1) is 49.5. The van der Waals surface area contributed by atoms with Crippen LogP contribution in [0.15, 0.2) is 0 Å². The van der Waals surface area contributed by atoms with Crippen LogP contribution in [-0.2, 0) is 57.5 Å². The van der Waals surface area contributed by atoms with Crippen LogP contribution in [0.25, 0.3) is 0 Å². The molecule has 3 saturated heterocycles. The summed E-state index contributed by atoms with van der Waals surface area (Å²) in [5.74, 6) is -20.2. The predicted octanol–water partition coefficient (Wildman–Crippen LogP) is 7.17. The van der Waals surface area contributed by atoms with Crippen LogP contribution < -0.4 is 21.3 Å². The highest BCUT2D eigenvalue weighted by Gasteiger charge is 2.56. The Morgan fingerprint density at radius 3 is 1.83 bits per heavy atom. The van der Waals surface area contributed by atoms with E-state index in [1.165, 1.54) is 59.0 Å². The van der Waals surface area contributed by atoms with Crippen molar-refractivity contribution in [2.24, 2.45) is 41.4 Å². The number of halogens is 9. The number of amides is 12. The molecule has 12 amide bonds. The van der Waals surface area contributed by atoms with Crippen molar-refractivity contribution in [3.8, 4) is 0 Å². The third-order valence-electron chi connectivity index (χ3n) is 23.7. The molecule has 4 N–H and O–H groups in total. The van der Waals surface area contributed by atoms with E-state index < -0.39 is 222 Å². The van der Waals surface area contributed by atoms with Gasteiger partial charge < -0.3 is 60.5 Å². The van der Waals surface area contributed by atoms with Crippen molar-refractivity contribution in [3.63, 3.8) is 0 Å². The highest BCUT2D eigenvalue weighted by atomic mass is 35.5. The van der Waals surface area contributed by atoms with Gasteiger partial charge in [0.25, 0.3) is 5.92 Å². The van der Waals surface area contributed by atoms with E-state index in [0.29, 0.717) is 49.8 Å². The molecular formula is C73H113ClF8N12O12. The summed E-state index contributed by atoms with van der Waals surface area (Å²) in [4.78, 5) is 188. The minimum Gasteiger partial charge on any atom is -0.347 e. The molecule has 3 heterocycles. The number of nitrogens with one attached hydrogen (secondary N) is 4. The van der Waals surface area contributed by atoms with E-state index in [2.05, 4.69) is 21.3 Å². The van der Waals surface area contributed by atoms with Crippen LogP contribution in [0.3, 0.4) is 0 Å². The summed E-state index contributed by atoms with van der Waals surface area (Å²) in [7, 11) is 8.04. The van der Waals surface area contributed by atoms with E-state index in [-0.39, 0.29) is 109 Å². The molecule has 33 heteroatoms. The lowest BCUT2D eigenvalue weighted by Crippen LogP contribution is -2.65. The largest absolute Gasteiger partial charge is 0.393 e. The van der Waals surface area contributed by atoms with E-state index in [9.17, 15) is 55.1 Å². The first-order valence-electron chi connectivity index (χ1n) is 38.0. The molecule has 4 aliphatic carbocycles. The molecule has 1 spiro atoms. The fourth-order valence-electron chi connectivity index (χ4n) is 17.0. The molecule has 7 rings (SSSR count). The van der Waals surface area contributed by atoms with Crippen LogP contribution in [0.1, 0.15) is 196 Å². The zero-order valence-electron chi connectivity index (χ0n) is 63.5. The summed E-state index contributed by atoms with van der Waals surface area (Å²) in [6.45, 7) is 7.83. The predicted molar refractivity (Wildman–Crippen MR) is 375 cm³/mol. The van der Waals surface area contributed by atoms with Crippen molar-refractivity contribution >= 4 is 82.5 Å². The first-order valence-corrected chi connectivity index (χ1v) is 38.5. The molecule has 24 nitrogen and oxygen atoms in total. The van der Waals surface area contributed by atoms with E-state index in [4.69, 9.17) is 11.6 Å². The van der Waals surface area contributed by atoms with Crippen LogP contribution in [0.2, 0.25) is 0 Å². The second-order valence-electron chi connectivity index (χ2n) is 32.0. The third kappa shape index (κ3) is 20.8. The molecule has 0 aromatic rings. The highest BCUT2D eigenvalue weighted by molar-refractivity contribution is 6.21. The van der Waals surface area contributed by atoms with Crippen LogP contribution in [-0.4, -0.2) is 262 Å². The lowest BCUT2D eigenvalue weighted by atomic mass is 9.78. The van der Waals surface area contributed by atoms with E-state index in [0.717, 1.165) is 24.5 Å². The van der Waals surface area contributed by atoms with Gasteiger partial charge in [-0.15, -0.1) is 11.6 Å². The molecule has 13 atom stereocenters. The fraction of sp³-hybridized carbons (Fsp3) is 0.836. The molecule has 0 aromatic heterocycles. The second-order valence-corrected chi connectivity index (χ2v) is 32.5. The zero-order valence-corrected chi connectivity index (χ0v) is 64.2. The summed E-state index contributed by atoms with van der Waals surface area (Å²) in [5, 5.41) is 9.50. The van der Waals surface area contributed by atoms with Gasteiger partial charge in [0.1, 0.15) is 59.9 Å². The fourth-order valence-corrected chi connectivity index (χ4v) is 17.5. The van der Waals surface area contributed by atoms with E-state index >= 15 is 37.5 Å². The number of fused-ring (bicyclic) bond motifs is 2. The van der Waals surface area contributed by atoms with Crippen LogP contribution in [0.4, 0.5) is 35.1 Å². The quantitative estimate of drug-likeness (QED) is 0.106. The summed E-state index contributed by atoms with van der Waals surface area (Å²) in [5.41, 5.74) is -1.87. The molecule has 600 valence electrons. The summed E-state index contributed by atoms with van der Waals surface area (Å²) >= 11 is 6.35. The van der Waals surface area contributed by atoms with E-state index in [1.54, 1.807) is 34.6 Å². The Morgan fingerprint density at radius 2 is 1.28 bits per heavy atom. The van der Waals surface area contributed by atoms with Crippen molar-refractivity contribution in [2.75, 3.05) is 68.5 Å². The van der Waals surface area contributed by atoms with Gasteiger partial charge in [-0.05, 0) is 146 Å². The smallest absolute Gasteiger partial charge is 0.347 e. The minimum atomic E-state index is -4.63. The monoisotopic (exact) mass is 1540 g/mol. The number of likely N-dealkylation sites (N-methyl/N-ethyl adjacent to an activating group) is 5. The Morgan fingerprint density at radius 1 is 0.660 bits per heavy atom. The van der Waals surface area contributed by atoms with Gasteiger partial charge in [0.05, 0.1) is 31.3 Å².